The third-order valence-corrected chi connectivity index (χ3v) is 1.62. The molecule has 0 aromatic carbocycles. The number of ether oxygens (including phenoxy) is 1. The van der Waals surface area contributed by atoms with Gasteiger partial charge in [0.2, 0.25) is 5.17 Å². The minimum Gasteiger partial charge on any atom is -0.491 e. The first-order valence-corrected chi connectivity index (χ1v) is 3.98. The van der Waals surface area contributed by atoms with Crippen molar-refractivity contribution in [2.75, 3.05) is 7.11 Å². The Bertz CT molecular complexity index is 380. The van der Waals surface area contributed by atoms with E-state index in [1.165, 1.54) is 13.3 Å². The summed E-state index contributed by atoms with van der Waals surface area (Å²) in [5, 5.41) is -1.51. The number of rotatable bonds is 2. The molecule has 8 heteroatoms. The SMILES string of the molecule is COc1cncnc1N=C(Cl)C(F)(F)F. The maximum atomic E-state index is 12.0. The van der Waals surface area contributed by atoms with E-state index >= 15 is 0 Å². The summed E-state index contributed by atoms with van der Waals surface area (Å²) in [6.45, 7) is 0. The quantitative estimate of drug-likeness (QED) is 0.744. The third kappa shape index (κ3) is 3.05. The Labute approximate surface area is 87.8 Å². The van der Waals surface area contributed by atoms with Crippen molar-refractivity contribution in [3.8, 4) is 5.75 Å². The Hall–Kier alpha value is -1.37. The summed E-state index contributed by atoms with van der Waals surface area (Å²) < 4.78 is 40.8. The van der Waals surface area contributed by atoms with E-state index in [-0.39, 0.29) is 11.6 Å². The van der Waals surface area contributed by atoms with Crippen molar-refractivity contribution < 1.29 is 17.9 Å². The lowest BCUT2D eigenvalue weighted by molar-refractivity contribution is -0.0558. The zero-order valence-electron chi connectivity index (χ0n) is 7.42. The van der Waals surface area contributed by atoms with Crippen LogP contribution in [0, 0.1) is 0 Å². The normalized spacial score (nSPS) is 12.7. The van der Waals surface area contributed by atoms with Crippen molar-refractivity contribution in [3.63, 3.8) is 0 Å². The minimum absolute atomic E-state index is 0.0138. The standard InChI is InChI=1S/C7H5ClF3N3O/c1-15-4-2-12-3-13-5(4)14-6(8)7(9,10)11/h2-3H,1H3. The molecule has 0 fully saturated rings. The Morgan fingerprint density at radius 1 is 1.53 bits per heavy atom. The molecular weight excluding hydrogens is 235 g/mol. The van der Waals surface area contributed by atoms with Gasteiger partial charge in [-0.05, 0) is 0 Å². The fourth-order valence-corrected chi connectivity index (χ4v) is 0.775. The van der Waals surface area contributed by atoms with Crippen molar-refractivity contribution in [2.24, 2.45) is 4.99 Å². The Kier molecular flexibility index (Phi) is 3.46. The highest BCUT2D eigenvalue weighted by molar-refractivity contribution is 6.67. The zero-order valence-corrected chi connectivity index (χ0v) is 8.17. The molecule has 0 saturated carbocycles. The lowest BCUT2D eigenvalue weighted by Crippen LogP contribution is -2.16. The number of nitrogens with zero attached hydrogens (tertiary/aromatic N) is 3. The summed E-state index contributed by atoms with van der Waals surface area (Å²) in [4.78, 5) is 10.1. The smallest absolute Gasteiger partial charge is 0.444 e. The highest BCUT2D eigenvalue weighted by Gasteiger charge is 2.34. The molecule has 0 saturated heterocycles. The fraction of sp³-hybridized carbons (Fsp3) is 0.286. The van der Waals surface area contributed by atoms with Crippen LogP contribution in [0.4, 0.5) is 19.0 Å². The molecule has 0 unspecified atom stereocenters. The maximum Gasteiger partial charge on any atom is 0.444 e. The zero-order chi connectivity index (χ0) is 11.5. The molecule has 0 aliphatic heterocycles. The first kappa shape index (κ1) is 11.7. The van der Waals surface area contributed by atoms with Crippen LogP contribution in [0.3, 0.4) is 0 Å². The molecule has 82 valence electrons. The lowest BCUT2D eigenvalue weighted by atomic mass is 10.5. The molecule has 1 aromatic heterocycles. The molecule has 0 aliphatic carbocycles. The predicted octanol–water partition coefficient (Wildman–Crippen LogP) is 2.32. The molecule has 0 bridgehead atoms. The van der Waals surface area contributed by atoms with E-state index in [9.17, 15) is 13.2 Å². The van der Waals surface area contributed by atoms with E-state index in [0.717, 1.165) is 6.33 Å². The van der Waals surface area contributed by atoms with E-state index in [0.29, 0.717) is 0 Å². The highest BCUT2D eigenvalue weighted by atomic mass is 35.5. The number of hydrogen-bond donors (Lipinski definition) is 0. The number of methoxy groups -OCH3 is 1. The summed E-state index contributed by atoms with van der Waals surface area (Å²) in [7, 11) is 1.26. The van der Waals surface area contributed by atoms with Gasteiger partial charge in [0, 0.05) is 0 Å². The molecule has 1 heterocycles. The van der Waals surface area contributed by atoms with Gasteiger partial charge in [-0.3, -0.25) is 0 Å². The van der Waals surface area contributed by atoms with Gasteiger partial charge < -0.3 is 4.74 Å². The van der Waals surface area contributed by atoms with Crippen molar-refractivity contribution in [3.05, 3.63) is 12.5 Å². The van der Waals surface area contributed by atoms with Crippen molar-refractivity contribution in [1.29, 1.82) is 0 Å². The number of alkyl halides is 3. The molecule has 0 amide bonds. The predicted molar refractivity (Wildman–Crippen MR) is 47.6 cm³/mol. The molecule has 0 aliphatic rings. The lowest BCUT2D eigenvalue weighted by Gasteiger charge is -2.04. The molecule has 0 atom stereocenters. The third-order valence-electron chi connectivity index (χ3n) is 1.32. The highest BCUT2D eigenvalue weighted by Crippen LogP contribution is 2.27. The largest absolute Gasteiger partial charge is 0.491 e. The van der Waals surface area contributed by atoms with Gasteiger partial charge in [0.1, 0.15) is 6.33 Å². The summed E-state index contributed by atoms with van der Waals surface area (Å²) >= 11 is 4.93. The van der Waals surface area contributed by atoms with Crippen LogP contribution in [0.25, 0.3) is 0 Å². The van der Waals surface area contributed by atoms with Gasteiger partial charge in [0.05, 0.1) is 13.3 Å². The Morgan fingerprint density at radius 2 is 2.20 bits per heavy atom. The van der Waals surface area contributed by atoms with Crippen LogP contribution in [0.2, 0.25) is 0 Å². The van der Waals surface area contributed by atoms with Gasteiger partial charge in [0.15, 0.2) is 11.6 Å². The van der Waals surface area contributed by atoms with E-state index in [1.54, 1.807) is 0 Å². The van der Waals surface area contributed by atoms with Crippen molar-refractivity contribution in [2.45, 2.75) is 6.18 Å². The first-order chi connectivity index (χ1) is 6.95. The van der Waals surface area contributed by atoms with Crippen LogP contribution < -0.4 is 4.74 Å². The number of aromatic nitrogens is 2. The van der Waals surface area contributed by atoms with Crippen molar-refractivity contribution in [1.82, 2.24) is 9.97 Å². The number of aliphatic imine (C=N–C) groups is 1. The van der Waals surface area contributed by atoms with Crippen molar-refractivity contribution >= 4 is 22.6 Å². The van der Waals surface area contributed by atoms with Gasteiger partial charge in [-0.2, -0.15) is 13.2 Å². The topological polar surface area (TPSA) is 47.4 Å². The first-order valence-electron chi connectivity index (χ1n) is 3.60. The average Bonchev–Trinajstić information content (AvgIpc) is 2.17. The molecule has 4 nitrogen and oxygen atoms in total. The summed E-state index contributed by atoms with van der Waals surface area (Å²) in [6, 6.07) is 0. The van der Waals surface area contributed by atoms with Crippen LogP contribution >= 0.6 is 11.6 Å². The van der Waals surface area contributed by atoms with E-state index in [4.69, 9.17) is 16.3 Å². The van der Waals surface area contributed by atoms with Crippen LogP contribution in [0.5, 0.6) is 5.75 Å². The molecule has 1 rings (SSSR count). The van der Waals surface area contributed by atoms with E-state index in [1.807, 2.05) is 0 Å². The Balaban J connectivity index is 3.08. The Morgan fingerprint density at radius 3 is 2.73 bits per heavy atom. The monoisotopic (exact) mass is 239 g/mol. The van der Waals surface area contributed by atoms with Crippen LogP contribution in [-0.2, 0) is 0 Å². The van der Waals surface area contributed by atoms with Gasteiger partial charge >= 0.3 is 6.18 Å². The summed E-state index contributed by atoms with van der Waals surface area (Å²) in [5.74, 6) is -0.255. The summed E-state index contributed by atoms with van der Waals surface area (Å²) in [5.41, 5.74) is 0. The average molecular weight is 240 g/mol. The van der Waals surface area contributed by atoms with Crippen LogP contribution in [-0.4, -0.2) is 28.4 Å². The molecule has 15 heavy (non-hydrogen) atoms. The number of hydrogen-bond acceptors (Lipinski definition) is 4. The van der Waals surface area contributed by atoms with E-state index in [2.05, 4.69) is 15.0 Å². The minimum atomic E-state index is -4.70. The molecule has 0 spiro atoms. The van der Waals surface area contributed by atoms with Gasteiger partial charge in [0.25, 0.3) is 0 Å². The fourth-order valence-electron chi connectivity index (χ4n) is 0.695. The molecule has 0 N–H and O–H groups in total. The molecule has 1 aromatic rings. The molecular formula is C7H5ClF3N3O. The van der Waals surface area contributed by atoms with E-state index < -0.39 is 11.3 Å². The van der Waals surface area contributed by atoms with Gasteiger partial charge in [-0.1, -0.05) is 11.6 Å². The van der Waals surface area contributed by atoms with Crippen LogP contribution in [0.1, 0.15) is 0 Å². The second-order valence-electron chi connectivity index (χ2n) is 2.32. The number of halogens is 4. The second kappa shape index (κ2) is 4.43. The van der Waals surface area contributed by atoms with Crippen LogP contribution in [0.15, 0.2) is 17.5 Å². The van der Waals surface area contributed by atoms with Gasteiger partial charge in [-0.15, -0.1) is 0 Å². The second-order valence-corrected chi connectivity index (χ2v) is 2.67. The van der Waals surface area contributed by atoms with Gasteiger partial charge in [-0.25, -0.2) is 15.0 Å². The summed E-state index contributed by atoms with van der Waals surface area (Å²) in [6.07, 6.45) is -2.47. The molecule has 0 radical (unpaired) electrons. The maximum absolute atomic E-state index is 12.0.